The molecule has 0 aliphatic heterocycles. The van der Waals surface area contributed by atoms with Crippen LogP contribution in [0, 0.1) is 5.92 Å². The monoisotopic (exact) mass is 266 g/mol. The highest BCUT2D eigenvalue weighted by atomic mass is 32.1. The van der Waals surface area contributed by atoms with Gasteiger partial charge in [0.15, 0.2) is 5.11 Å². The molecule has 1 aromatic carbocycles. The summed E-state index contributed by atoms with van der Waals surface area (Å²) in [6.07, 6.45) is 0.776. The lowest BCUT2D eigenvalue weighted by Crippen LogP contribution is -2.46. The van der Waals surface area contributed by atoms with Crippen LogP contribution in [0.3, 0.4) is 0 Å². The third-order valence-electron chi connectivity index (χ3n) is 2.80. The average molecular weight is 266 g/mol. The molecule has 0 radical (unpaired) electrons. The summed E-state index contributed by atoms with van der Waals surface area (Å²) < 4.78 is 0. The van der Waals surface area contributed by atoms with Crippen LogP contribution in [0.2, 0.25) is 0 Å². The summed E-state index contributed by atoms with van der Waals surface area (Å²) in [5.41, 5.74) is 0.836. The van der Waals surface area contributed by atoms with Crippen molar-refractivity contribution in [3.05, 3.63) is 30.3 Å². The second-order valence-corrected chi connectivity index (χ2v) is 4.57. The van der Waals surface area contributed by atoms with E-state index >= 15 is 0 Å². The summed E-state index contributed by atoms with van der Waals surface area (Å²) in [7, 11) is 0. The summed E-state index contributed by atoms with van der Waals surface area (Å²) in [5.74, 6) is -0.875. The van der Waals surface area contributed by atoms with Crippen LogP contribution in [0.15, 0.2) is 30.3 Å². The molecule has 18 heavy (non-hydrogen) atoms. The number of carboxylic acid groups (broad SMARTS) is 1. The second-order valence-electron chi connectivity index (χ2n) is 4.17. The first-order chi connectivity index (χ1) is 8.54. The van der Waals surface area contributed by atoms with Gasteiger partial charge in [-0.1, -0.05) is 38.5 Å². The Balaban J connectivity index is 2.60. The molecule has 5 heteroatoms. The van der Waals surface area contributed by atoms with Crippen molar-refractivity contribution in [3.63, 3.8) is 0 Å². The summed E-state index contributed by atoms with van der Waals surface area (Å²) in [6.45, 7) is 3.84. The fourth-order valence-corrected chi connectivity index (χ4v) is 1.76. The molecule has 4 nitrogen and oxygen atoms in total. The molecule has 1 rings (SSSR count). The van der Waals surface area contributed by atoms with Crippen molar-refractivity contribution in [2.45, 2.75) is 26.3 Å². The van der Waals surface area contributed by atoms with E-state index in [9.17, 15) is 4.79 Å². The molecular formula is C13H18N2O2S. The number of anilines is 1. The second kappa shape index (κ2) is 6.96. The van der Waals surface area contributed by atoms with Crippen LogP contribution in [0.4, 0.5) is 5.69 Å². The van der Waals surface area contributed by atoms with Crippen molar-refractivity contribution in [3.8, 4) is 0 Å². The van der Waals surface area contributed by atoms with E-state index < -0.39 is 12.0 Å². The van der Waals surface area contributed by atoms with E-state index in [1.54, 1.807) is 0 Å². The first kappa shape index (κ1) is 14.4. The number of hydrogen-bond acceptors (Lipinski definition) is 2. The number of carboxylic acids is 1. The zero-order valence-electron chi connectivity index (χ0n) is 10.5. The quantitative estimate of drug-likeness (QED) is 0.715. The molecule has 0 fully saturated rings. The molecule has 0 heterocycles. The highest BCUT2D eigenvalue weighted by Crippen LogP contribution is 2.09. The number of carbonyl (C=O) groups is 1. The van der Waals surface area contributed by atoms with Gasteiger partial charge < -0.3 is 15.7 Å². The zero-order chi connectivity index (χ0) is 13.5. The van der Waals surface area contributed by atoms with E-state index in [0.29, 0.717) is 5.11 Å². The molecule has 1 aromatic rings. The normalized spacial score (nSPS) is 13.4. The number of aliphatic carboxylic acids is 1. The molecule has 0 bridgehead atoms. The van der Waals surface area contributed by atoms with E-state index in [1.165, 1.54) is 0 Å². The van der Waals surface area contributed by atoms with Crippen LogP contribution in [-0.4, -0.2) is 22.2 Å². The minimum atomic E-state index is -0.887. The molecule has 0 amide bonds. The Kier molecular flexibility index (Phi) is 5.58. The van der Waals surface area contributed by atoms with Crippen LogP contribution < -0.4 is 10.6 Å². The van der Waals surface area contributed by atoms with Crippen molar-refractivity contribution in [2.75, 3.05) is 5.32 Å². The van der Waals surface area contributed by atoms with E-state index in [4.69, 9.17) is 17.3 Å². The third kappa shape index (κ3) is 4.33. The summed E-state index contributed by atoms with van der Waals surface area (Å²) in [5, 5.41) is 15.3. The minimum absolute atomic E-state index is 0.0121. The predicted molar refractivity (Wildman–Crippen MR) is 76.7 cm³/mol. The fourth-order valence-electron chi connectivity index (χ4n) is 1.51. The summed E-state index contributed by atoms with van der Waals surface area (Å²) in [4.78, 5) is 11.1. The SMILES string of the molecule is CC[C@@H](C)[C@@H](NC(=S)Nc1ccccc1)C(=O)O. The number of rotatable bonds is 5. The Hall–Kier alpha value is -1.62. The van der Waals surface area contributed by atoms with Crippen LogP contribution in [0.1, 0.15) is 20.3 Å². The maximum absolute atomic E-state index is 11.1. The van der Waals surface area contributed by atoms with Crippen LogP contribution in [-0.2, 0) is 4.79 Å². The van der Waals surface area contributed by atoms with Gasteiger partial charge in [-0.05, 0) is 30.3 Å². The van der Waals surface area contributed by atoms with E-state index in [2.05, 4.69) is 10.6 Å². The van der Waals surface area contributed by atoms with Crippen LogP contribution in [0.25, 0.3) is 0 Å². The highest BCUT2D eigenvalue weighted by molar-refractivity contribution is 7.80. The minimum Gasteiger partial charge on any atom is -0.480 e. The van der Waals surface area contributed by atoms with E-state index in [-0.39, 0.29) is 5.92 Å². The predicted octanol–water partition coefficient (Wildman–Crippen LogP) is 2.47. The molecular weight excluding hydrogens is 248 g/mol. The zero-order valence-corrected chi connectivity index (χ0v) is 11.3. The molecule has 0 aliphatic rings. The molecule has 0 aliphatic carbocycles. The van der Waals surface area contributed by atoms with Crippen molar-refractivity contribution >= 4 is 29.0 Å². The molecule has 0 saturated carbocycles. The summed E-state index contributed by atoms with van der Waals surface area (Å²) in [6, 6.07) is 8.74. The van der Waals surface area contributed by atoms with Gasteiger partial charge in [0.25, 0.3) is 0 Å². The third-order valence-corrected chi connectivity index (χ3v) is 3.02. The van der Waals surface area contributed by atoms with Gasteiger partial charge in [-0.25, -0.2) is 4.79 Å². The Morgan fingerprint density at radius 3 is 2.50 bits per heavy atom. The summed E-state index contributed by atoms with van der Waals surface area (Å²) >= 11 is 5.11. The van der Waals surface area contributed by atoms with Gasteiger partial charge >= 0.3 is 5.97 Å². The van der Waals surface area contributed by atoms with Gasteiger partial charge in [0.05, 0.1) is 0 Å². The number of thiocarbonyl (C=S) groups is 1. The van der Waals surface area contributed by atoms with Crippen molar-refractivity contribution < 1.29 is 9.90 Å². The number of hydrogen-bond donors (Lipinski definition) is 3. The average Bonchev–Trinajstić information content (AvgIpc) is 2.36. The smallest absolute Gasteiger partial charge is 0.326 e. The van der Waals surface area contributed by atoms with Crippen LogP contribution in [0.5, 0.6) is 0 Å². The molecule has 0 spiro atoms. The number of nitrogens with one attached hydrogen (secondary N) is 2. The first-order valence-corrected chi connectivity index (χ1v) is 6.30. The Morgan fingerprint density at radius 1 is 1.39 bits per heavy atom. The Labute approximate surface area is 112 Å². The fraction of sp³-hybridized carbons (Fsp3) is 0.385. The maximum Gasteiger partial charge on any atom is 0.326 e. The largest absolute Gasteiger partial charge is 0.480 e. The molecule has 0 unspecified atom stereocenters. The lowest BCUT2D eigenvalue weighted by molar-refractivity contribution is -0.140. The first-order valence-electron chi connectivity index (χ1n) is 5.90. The molecule has 3 N–H and O–H groups in total. The van der Waals surface area contributed by atoms with E-state index in [1.807, 2.05) is 44.2 Å². The maximum atomic E-state index is 11.1. The topological polar surface area (TPSA) is 61.4 Å². The van der Waals surface area contributed by atoms with Crippen molar-refractivity contribution in [1.29, 1.82) is 0 Å². The van der Waals surface area contributed by atoms with Crippen molar-refractivity contribution in [1.82, 2.24) is 5.32 Å². The lowest BCUT2D eigenvalue weighted by Gasteiger charge is -2.22. The molecule has 0 aromatic heterocycles. The standard InChI is InChI=1S/C13H18N2O2S/c1-3-9(2)11(12(16)17)15-13(18)14-10-7-5-4-6-8-10/h4-9,11H,3H2,1-2H3,(H,16,17)(H2,14,15,18)/t9-,11-/m1/s1. The van der Waals surface area contributed by atoms with E-state index in [0.717, 1.165) is 12.1 Å². The Morgan fingerprint density at radius 2 is 2.00 bits per heavy atom. The molecule has 0 saturated heterocycles. The van der Waals surface area contributed by atoms with Gasteiger partial charge in [-0.2, -0.15) is 0 Å². The molecule has 2 atom stereocenters. The van der Waals surface area contributed by atoms with Gasteiger partial charge in [0.2, 0.25) is 0 Å². The van der Waals surface area contributed by atoms with Crippen molar-refractivity contribution in [2.24, 2.45) is 5.92 Å². The van der Waals surface area contributed by atoms with Gasteiger partial charge in [-0.3, -0.25) is 0 Å². The lowest BCUT2D eigenvalue weighted by atomic mass is 10.00. The van der Waals surface area contributed by atoms with Gasteiger partial charge in [0.1, 0.15) is 6.04 Å². The Bertz CT molecular complexity index is 409. The number of benzene rings is 1. The van der Waals surface area contributed by atoms with Gasteiger partial charge in [0, 0.05) is 5.69 Å². The highest BCUT2D eigenvalue weighted by Gasteiger charge is 2.23. The number of para-hydroxylation sites is 1. The molecule has 98 valence electrons. The van der Waals surface area contributed by atoms with Gasteiger partial charge in [-0.15, -0.1) is 0 Å². The van der Waals surface area contributed by atoms with Crippen LogP contribution >= 0.6 is 12.2 Å².